The summed E-state index contributed by atoms with van der Waals surface area (Å²) in [4.78, 5) is 26.9. The lowest BCUT2D eigenvalue weighted by molar-refractivity contribution is 0.0956. The second-order valence-electron chi connectivity index (χ2n) is 8.38. The second-order valence-corrected chi connectivity index (χ2v) is 9.40. The van der Waals surface area contributed by atoms with Crippen LogP contribution in [0.25, 0.3) is 0 Å². The number of aryl methyl sites for hydroxylation is 1. The molecule has 1 amide bonds. The first kappa shape index (κ1) is 25.8. The van der Waals surface area contributed by atoms with Crippen LogP contribution in [0.3, 0.4) is 0 Å². The minimum atomic E-state index is -0.350. The highest BCUT2D eigenvalue weighted by molar-refractivity contribution is 7.19. The Balaban J connectivity index is 1.59. The molecule has 4 N–H and O–H groups in total. The first-order valence-corrected chi connectivity index (χ1v) is 12.6. The molecule has 8 heteroatoms. The van der Waals surface area contributed by atoms with Crippen molar-refractivity contribution >= 4 is 39.4 Å². The fourth-order valence-corrected chi connectivity index (χ4v) is 5.02. The molecule has 190 valence electrons. The van der Waals surface area contributed by atoms with E-state index < -0.39 is 0 Å². The smallest absolute Gasteiger partial charge is 0.256 e. The highest BCUT2D eigenvalue weighted by atomic mass is 32.1. The predicted octanol–water partition coefficient (Wildman–Crippen LogP) is 5.60. The van der Waals surface area contributed by atoms with E-state index in [-0.39, 0.29) is 22.9 Å². The van der Waals surface area contributed by atoms with E-state index in [1.165, 1.54) is 11.3 Å². The van der Waals surface area contributed by atoms with E-state index in [4.69, 9.17) is 15.2 Å². The van der Waals surface area contributed by atoms with Gasteiger partial charge in [-0.2, -0.15) is 0 Å². The molecule has 37 heavy (non-hydrogen) atoms. The quantitative estimate of drug-likeness (QED) is 0.238. The standard InChI is InChI=1S/C29H29N3O4S/c1-18-9-7-8-12-21(18)32-29-24(25(30)27(37-29)26(33)20-10-5-4-6-11-20)28(34)31-16-15-19-13-14-22(35-2)23(17-19)36-3/h4-14,17,32H,15-16,30H2,1-3H3,(H,31,34). The van der Waals surface area contributed by atoms with Crippen LogP contribution < -0.4 is 25.8 Å². The number of ketones is 1. The fraction of sp³-hybridized carbons (Fsp3) is 0.172. The molecule has 0 atom stereocenters. The van der Waals surface area contributed by atoms with E-state index in [9.17, 15) is 9.59 Å². The maximum Gasteiger partial charge on any atom is 0.256 e. The van der Waals surface area contributed by atoms with Crippen molar-refractivity contribution in [2.24, 2.45) is 0 Å². The Morgan fingerprint density at radius 1 is 0.919 bits per heavy atom. The number of carbonyl (C=O) groups is 2. The molecular weight excluding hydrogens is 486 g/mol. The molecular formula is C29H29N3O4S. The molecule has 0 aliphatic heterocycles. The van der Waals surface area contributed by atoms with Gasteiger partial charge in [-0.15, -0.1) is 11.3 Å². The van der Waals surface area contributed by atoms with Crippen LogP contribution in [0.4, 0.5) is 16.4 Å². The maximum absolute atomic E-state index is 13.4. The number of nitrogen functional groups attached to an aromatic ring is 1. The number of nitrogens with two attached hydrogens (primary N) is 1. The van der Waals surface area contributed by atoms with Gasteiger partial charge in [-0.05, 0) is 42.7 Å². The SMILES string of the molecule is COc1ccc(CCNC(=O)c2c(Nc3ccccc3C)sc(C(=O)c3ccccc3)c2N)cc1OC. The maximum atomic E-state index is 13.4. The van der Waals surface area contributed by atoms with Gasteiger partial charge in [0, 0.05) is 17.8 Å². The van der Waals surface area contributed by atoms with Gasteiger partial charge in [-0.3, -0.25) is 9.59 Å². The monoisotopic (exact) mass is 515 g/mol. The van der Waals surface area contributed by atoms with Crippen molar-refractivity contribution in [2.45, 2.75) is 13.3 Å². The summed E-state index contributed by atoms with van der Waals surface area (Å²) in [7, 11) is 3.17. The van der Waals surface area contributed by atoms with Gasteiger partial charge in [-0.25, -0.2) is 0 Å². The number of benzene rings is 3. The largest absolute Gasteiger partial charge is 0.493 e. The van der Waals surface area contributed by atoms with E-state index in [2.05, 4.69) is 10.6 Å². The number of thiophene rings is 1. The highest BCUT2D eigenvalue weighted by Gasteiger charge is 2.26. The van der Waals surface area contributed by atoms with Crippen LogP contribution in [0.2, 0.25) is 0 Å². The first-order valence-electron chi connectivity index (χ1n) is 11.8. The Kier molecular flexibility index (Phi) is 8.10. The zero-order valence-corrected chi connectivity index (χ0v) is 21.8. The van der Waals surface area contributed by atoms with Crippen LogP contribution >= 0.6 is 11.3 Å². The van der Waals surface area contributed by atoms with Gasteiger partial charge < -0.3 is 25.8 Å². The molecule has 0 saturated heterocycles. The normalized spacial score (nSPS) is 10.6. The van der Waals surface area contributed by atoms with Crippen LogP contribution in [0, 0.1) is 6.92 Å². The van der Waals surface area contributed by atoms with E-state index >= 15 is 0 Å². The number of para-hydroxylation sites is 1. The average Bonchev–Trinajstić information content (AvgIpc) is 3.25. The van der Waals surface area contributed by atoms with E-state index in [0.29, 0.717) is 39.9 Å². The Morgan fingerprint density at radius 3 is 2.32 bits per heavy atom. The Bertz CT molecular complexity index is 1420. The van der Waals surface area contributed by atoms with Gasteiger partial charge in [-0.1, -0.05) is 54.6 Å². The van der Waals surface area contributed by atoms with Crippen molar-refractivity contribution < 1.29 is 19.1 Å². The highest BCUT2D eigenvalue weighted by Crippen LogP contribution is 2.39. The molecule has 0 unspecified atom stereocenters. The number of amides is 1. The molecule has 3 aromatic carbocycles. The molecule has 0 aliphatic carbocycles. The predicted molar refractivity (Wildman–Crippen MR) is 149 cm³/mol. The number of anilines is 3. The molecule has 0 bridgehead atoms. The van der Waals surface area contributed by atoms with Crippen molar-refractivity contribution in [1.82, 2.24) is 5.32 Å². The molecule has 0 aliphatic rings. The molecule has 4 rings (SSSR count). The van der Waals surface area contributed by atoms with Crippen molar-refractivity contribution in [1.29, 1.82) is 0 Å². The Hall–Kier alpha value is -4.30. The Labute approximate surface area is 220 Å². The zero-order valence-electron chi connectivity index (χ0n) is 21.0. The molecule has 1 heterocycles. The van der Waals surface area contributed by atoms with Gasteiger partial charge in [0.25, 0.3) is 5.91 Å². The van der Waals surface area contributed by atoms with Gasteiger partial charge in [0.15, 0.2) is 11.5 Å². The molecule has 0 spiro atoms. The summed E-state index contributed by atoms with van der Waals surface area (Å²) in [5, 5.41) is 6.79. The van der Waals surface area contributed by atoms with E-state index in [1.54, 1.807) is 38.5 Å². The molecule has 0 fully saturated rings. The summed E-state index contributed by atoms with van der Waals surface area (Å²) in [6.07, 6.45) is 0.576. The number of hydrogen-bond acceptors (Lipinski definition) is 7. The van der Waals surface area contributed by atoms with Gasteiger partial charge in [0.1, 0.15) is 9.88 Å². The summed E-state index contributed by atoms with van der Waals surface area (Å²) in [5.41, 5.74) is 10.2. The third-order valence-corrected chi connectivity index (χ3v) is 7.07. The lowest BCUT2D eigenvalue weighted by Crippen LogP contribution is -2.26. The van der Waals surface area contributed by atoms with Crippen molar-refractivity contribution in [3.63, 3.8) is 0 Å². The molecule has 1 aromatic heterocycles. The summed E-state index contributed by atoms with van der Waals surface area (Å²) < 4.78 is 10.7. The summed E-state index contributed by atoms with van der Waals surface area (Å²) in [6, 6.07) is 22.3. The third kappa shape index (κ3) is 5.76. The van der Waals surface area contributed by atoms with Gasteiger partial charge in [0.05, 0.1) is 25.5 Å². The first-order chi connectivity index (χ1) is 17.9. The second kappa shape index (κ2) is 11.6. The number of hydrogen-bond donors (Lipinski definition) is 3. The third-order valence-electron chi connectivity index (χ3n) is 5.95. The van der Waals surface area contributed by atoms with Crippen molar-refractivity contribution in [3.05, 3.63) is 99.9 Å². The topological polar surface area (TPSA) is 103 Å². The summed E-state index contributed by atoms with van der Waals surface area (Å²) >= 11 is 1.18. The summed E-state index contributed by atoms with van der Waals surface area (Å²) in [5.74, 6) is 0.698. The van der Waals surface area contributed by atoms with Crippen molar-refractivity contribution in [2.75, 3.05) is 31.8 Å². The summed E-state index contributed by atoms with van der Waals surface area (Å²) in [6.45, 7) is 2.34. The number of carbonyl (C=O) groups excluding carboxylic acids is 2. The number of rotatable bonds is 10. The van der Waals surface area contributed by atoms with E-state index in [0.717, 1.165) is 16.8 Å². The van der Waals surface area contributed by atoms with Crippen LogP contribution in [0.15, 0.2) is 72.8 Å². The minimum absolute atomic E-state index is 0.165. The lowest BCUT2D eigenvalue weighted by atomic mass is 10.1. The number of ether oxygens (including phenoxy) is 2. The van der Waals surface area contributed by atoms with Crippen LogP contribution in [0.5, 0.6) is 11.5 Å². The number of methoxy groups -OCH3 is 2. The van der Waals surface area contributed by atoms with Crippen molar-refractivity contribution in [3.8, 4) is 11.5 Å². The van der Waals surface area contributed by atoms with E-state index in [1.807, 2.05) is 55.5 Å². The van der Waals surface area contributed by atoms with Crippen LogP contribution in [-0.2, 0) is 6.42 Å². The molecule has 4 aromatic rings. The number of nitrogens with one attached hydrogen (secondary N) is 2. The minimum Gasteiger partial charge on any atom is -0.493 e. The Morgan fingerprint density at radius 2 is 1.62 bits per heavy atom. The van der Waals surface area contributed by atoms with Crippen LogP contribution in [-0.4, -0.2) is 32.5 Å². The molecule has 7 nitrogen and oxygen atoms in total. The van der Waals surface area contributed by atoms with Crippen LogP contribution in [0.1, 0.15) is 36.7 Å². The lowest BCUT2D eigenvalue weighted by Gasteiger charge is -2.12. The van der Waals surface area contributed by atoms with Gasteiger partial charge >= 0.3 is 0 Å². The van der Waals surface area contributed by atoms with Gasteiger partial charge in [0.2, 0.25) is 5.78 Å². The fourth-order valence-electron chi connectivity index (χ4n) is 3.93. The average molecular weight is 516 g/mol. The molecule has 0 radical (unpaired) electrons. The zero-order chi connectivity index (χ0) is 26.4. The molecule has 0 saturated carbocycles.